The third kappa shape index (κ3) is 2.67. The van der Waals surface area contributed by atoms with Crippen molar-refractivity contribution in [2.24, 2.45) is 0 Å². The summed E-state index contributed by atoms with van der Waals surface area (Å²) in [4.78, 5) is 0. The van der Waals surface area contributed by atoms with Gasteiger partial charge in [-0.25, -0.2) is 0 Å². The fourth-order valence-electron chi connectivity index (χ4n) is 2.02. The molecule has 82 valence electrons. The molecule has 2 nitrogen and oxygen atoms in total. The molecule has 0 aromatic heterocycles. The zero-order chi connectivity index (χ0) is 10.7. The van der Waals surface area contributed by atoms with E-state index in [-0.39, 0.29) is 6.04 Å². The highest BCUT2D eigenvalue weighted by Crippen LogP contribution is 2.20. The average molecular weight is 223 g/mol. The van der Waals surface area contributed by atoms with Crippen molar-refractivity contribution < 1.29 is 4.21 Å². The Kier molecular flexibility index (Phi) is 3.54. The van der Waals surface area contributed by atoms with Crippen molar-refractivity contribution in [1.29, 1.82) is 0 Å². The van der Waals surface area contributed by atoms with Crippen LogP contribution in [0.5, 0.6) is 0 Å². The van der Waals surface area contributed by atoms with E-state index in [0.717, 1.165) is 24.5 Å². The van der Waals surface area contributed by atoms with Gasteiger partial charge in [-0.1, -0.05) is 24.3 Å². The molecule has 1 N–H and O–H groups in total. The van der Waals surface area contributed by atoms with E-state index in [1.165, 1.54) is 11.1 Å². The van der Waals surface area contributed by atoms with Crippen LogP contribution in [0, 0.1) is 6.92 Å². The molecule has 1 saturated heterocycles. The fourth-order valence-corrected chi connectivity index (χ4v) is 3.32. The fraction of sp³-hybridized carbons (Fsp3) is 0.500. The molecular weight excluding hydrogens is 206 g/mol. The largest absolute Gasteiger partial charge is 0.309 e. The maximum Gasteiger partial charge on any atom is 0.0439 e. The summed E-state index contributed by atoms with van der Waals surface area (Å²) in [5.74, 6) is 1.60. The first-order chi connectivity index (χ1) is 7.27. The van der Waals surface area contributed by atoms with Crippen molar-refractivity contribution in [3.8, 4) is 0 Å². The lowest BCUT2D eigenvalue weighted by Gasteiger charge is -2.17. The Labute approximate surface area is 93.5 Å². The van der Waals surface area contributed by atoms with Gasteiger partial charge in [-0.2, -0.15) is 0 Å². The summed E-state index contributed by atoms with van der Waals surface area (Å²) >= 11 is 0. The van der Waals surface area contributed by atoms with Crippen LogP contribution < -0.4 is 5.32 Å². The molecule has 0 spiro atoms. The lowest BCUT2D eigenvalue weighted by Crippen LogP contribution is -2.24. The van der Waals surface area contributed by atoms with Gasteiger partial charge in [0.1, 0.15) is 0 Å². The number of nitrogens with one attached hydrogen (secondary N) is 1. The van der Waals surface area contributed by atoms with E-state index in [4.69, 9.17) is 0 Å². The molecule has 2 atom stereocenters. The first-order valence-corrected chi connectivity index (χ1v) is 6.90. The van der Waals surface area contributed by atoms with Crippen molar-refractivity contribution in [3.05, 3.63) is 35.4 Å². The zero-order valence-corrected chi connectivity index (χ0v) is 9.85. The molecule has 1 aromatic rings. The summed E-state index contributed by atoms with van der Waals surface area (Å²) in [6, 6.07) is 8.62. The lowest BCUT2D eigenvalue weighted by molar-refractivity contribution is 0.585. The third-order valence-electron chi connectivity index (χ3n) is 2.86. The second-order valence-corrected chi connectivity index (χ2v) is 5.65. The Bertz CT molecular complexity index is 364. The highest BCUT2D eigenvalue weighted by molar-refractivity contribution is 7.85. The molecule has 0 amide bonds. The summed E-state index contributed by atoms with van der Waals surface area (Å²) < 4.78 is 11.6. The first-order valence-electron chi connectivity index (χ1n) is 5.41. The highest BCUT2D eigenvalue weighted by Gasteiger charge is 2.18. The Morgan fingerprint density at radius 2 is 2.20 bits per heavy atom. The molecule has 1 aliphatic rings. The van der Waals surface area contributed by atoms with Gasteiger partial charge in [0.2, 0.25) is 0 Å². The van der Waals surface area contributed by atoms with Crippen LogP contribution in [0.2, 0.25) is 0 Å². The van der Waals surface area contributed by atoms with Crippen LogP contribution in [0.25, 0.3) is 0 Å². The maximum absolute atomic E-state index is 11.6. The van der Waals surface area contributed by atoms with Crippen LogP contribution >= 0.6 is 0 Å². The molecule has 3 heteroatoms. The summed E-state index contributed by atoms with van der Waals surface area (Å²) in [6.07, 6.45) is 1.02. The normalized spacial score (nSPS) is 27.3. The van der Waals surface area contributed by atoms with Crippen LogP contribution in [0.4, 0.5) is 0 Å². The Hall–Kier alpha value is -0.670. The molecule has 15 heavy (non-hydrogen) atoms. The molecule has 1 fully saturated rings. The maximum atomic E-state index is 11.6. The second-order valence-electron chi connectivity index (χ2n) is 4.03. The van der Waals surface area contributed by atoms with Gasteiger partial charge in [0.25, 0.3) is 0 Å². The van der Waals surface area contributed by atoms with Gasteiger partial charge in [0, 0.05) is 28.3 Å². The highest BCUT2D eigenvalue weighted by atomic mass is 32.2. The van der Waals surface area contributed by atoms with Crippen LogP contribution in [-0.4, -0.2) is 22.3 Å². The van der Waals surface area contributed by atoms with Gasteiger partial charge in [-0.3, -0.25) is 4.21 Å². The smallest absolute Gasteiger partial charge is 0.0439 e. The number of rotatable bonds is 1. The van der Waals surface area contributed by atoms with Crippen molar-refractivity contribution >= 4 is 10.8 Å². The van der Waals surface area contributed by atoms with E-state index < -0.39 is 10.8 Å². The molecule has 2 unspecified atom stereocenters. The minimum absolute atomic E-state index is 0.273. The van der Waals surface area contributed by atoms with Gasteiger partial charge in [-0.15, -0.1) is 0 Å². The van der Waals surface area contributed by atoms with Gasteiger partial charge in [-0.05, 0) is 31.0 Å². The van der Waals surface area contributed by atoms with E-state index in [1.54, 1.807) is 0 Å². The van der Waals surface area contributed by atoms with Crippen LogP contribution in [0.15, 0.2) is 24.3 Å². The van der Waals surface area contributed by atoms with E-state index in [2.05, 4.69) is 30.4 Å². The van der Waals surface area contributed by atoms with Crippen molar-refractivity contribution in [2.75, 3.05) is 18.1 Å². The van der Waals surface area contributed by atoms with Gasteiger partial charge in [0.05, 0.1) is 0 Å². The number of benzene rings is 1. The third-order valence-corrected chi connectivity index (χ3v) is 4.31. The van der Waals surface area contributed by atoms with Gasteiger partial charge >= 0.3 is 0 Å². The monoisotopic (exact) mass is 223 g/mol. The SMILES string of the molecule is Cc1ccccc1C1CS(=O)CCCN1. The number of hydrogen-bond donors (Lipinski definition) is 1. The summed E-state index contributed by atoms with van der Waals surface area (Å²) in [5.41, 5.74) is 2.58. The minimum Gasteiger partial charge on any atom is -0.309 e. The van der Waals surface area contributed by atoms with Crippen molar-refractivity contribution in [2.45, 2.75) is 19.4 Å². The predicted octanol–water partition coefficient (Wildman–Crippen LogP) is 1.78. The quantitative estimate of drug-likeness (QED) is 0.786. The molecular formula is C12H17NOS. The molecule has 0 aliphatic carbocycles. The minimum atomic E-state index is -0.659. The molecule has 1 aromatic carbocycles. The molecule has 2 rings (SSSR count). The first kappa shape index (κ1) is 10.8. The molecule has 1 heterocycles. The molecule has 0 bridgehead atoms. The molecule has 0 radical (unpaired) electrons. The topological polar surface area (TPSA) is 29.1 Å². The van der Waals surface area contributed by atoms with Gasteiger partial charge in [0.15, 0.2) is 0 Å². The summed E-state index contributed by atoms with van der Waals surface area (Å²) in [7, 11) is -0.659. The summed E-state index contributed by atoms with van der Waals surface area (Å²) in [6.45, 7) is 3.09. The number of hydrogen-bond acceptors (Lipinski definition) is 2. The van der Waals surface area contributed by atoms with Crippen molar-refractivity contribution in [3.63, 3.8) is 0 Å². The zero-order valence-electron chi connectivity index (χ0n) is 9.03. The van der Waals surface area contributed by atoms with Crippen LogP contribution in [-0.2, 0) is 10.8 Å². The van der Waals surface area contributed by atoms with E-state index in [0.29, 0.717) is 0 Å². The summed E-state index contributed by atoms with van der Waals surface area (Å²) in [5, 5.41) is 3.48. The standard InChI is InChI=1S/C12H17NOS/c1-10-5-2-3-6-11(10)12-9-15(14)8-4-7-13-12/h2-3,5-6,12-13H,4,7-9H2,1H3. The van der Waals surface area contributed by atoms with Gasteiger partial charge < -0.3 is 5.32 Å². The van der Waals surface area contributed by atoms with Crippen molar-refractivity contribution in [1.82, 2.24) is 5.32 Å². The molecule has 1 aliphatic heterocycles. The lowest BCUT2D eigenvalue weighted by atomic mass is 10.0. The number of aryl methyl sites for hydroxylation is 1. The van der Waals surface area contributed by atoms with E-state index in [1.807, 2.05) is 6.07 Å². The van der Waals surface area contributed by atoms with Crippen LogP contribution in [0.3, 0.4) is 0 Å². The molecule has 0 saturated carbocycles. The average Bonchev–Trinajstić information content (AvgIpc) is 2.43. The Morgan fingerprint density at radius 1 is 1.40 bits per heavy atom. The Balaban J connectivity index is 2.22. The predicted molar refractivity (Wildman–Crippen MR) is 64.4 cm³/mol. The van der Waals surface area contributed by atoms with Crippen LogP contribution in [0.1, 0.15) is 23.6 Å². The van der Waals surface area contributed by atoms with E-state index >= 15 is 0 Å². The second kappa shape index (κ2) is 4.90. The Morgan fingerprint density at radius 3 is 3.00 bits per heavy atom. The van der Waals surface area contributed by atoms with E-state index in [9.17, 15) is 4.21 Å².